The van der Waals surface area contributed by atoms with Gasteiger partial charge < -0.3 is 9.84 Å². The van der Waals surface area contributed by atoms with Crippen molar-refractivity contribution in [3.8, 4) is 6.07 Å². The van der Waals surface area contributed by atoms with Gasteiger partial charge in [-0.3, -0.25) is 0 Å². The Morgan fingerprint density at radius 1 is 1.04 bits per heavy atom. The zero-order valence-corrected chi connectivity index (χ0v) is 16.4. The quantitative estimate of drug-likeness (QED) is 0.759. The third kappa shape index (κ3) is 2.36. The average Bonchev–Trinajstić information content (AvgIpc) is 2.92. The van der Waals surface area contributed by atoms with Crippen molar-refractivity contribution in [2.24, 2.45) is 40.4 Å². The molecule has 0 saturated heterocycles. The van der Waals surface area contributed by atoms with Crippen molar-refractivity contribution in [1.29, 1.82) is 5.26 Å². The first kappa shape index (κ1) is 17.8. The molecule has 1 N–H and O–H groups in total. The Hall–Kier alpha value is -0.590. The summed E-state index contributed by atoms with van der Waals surface area (Å²) in [5.41, 5.74) is -0.0951. The van der Waals surface area contributed by atoms with E-state index in [0.717, 1.165) is 38.0 Å². The van der Waals surface area contributed by atoms with Crippen LogP contribution in [0.5, 0.6) is 0 Å². The molecular formula is C22H35NO2. The SMILES string of the molecule is CO[C@@H]1C[C@H]2[C@@H](CC[C@H]3C[C@](C)(O)CC[C@@]32C)[C@@H]2CC[C@H](C#N)[C@@]12C. The topological polar surface area (TPSA) is 53.2 Å². The van der Waals surface area contributed by atoms with E-state index in [0.29, 0.717) is 23.2 Å². The van der Waals surface area contributed by atoms with Crippen molar-refractivity contribution in [2.45, 2.75) is 83.8 Å². The summed E-state index contributed by atoms with van der Waals surface area (Å²) >= 11 is 0. The number of nitriles is 1. The van der Waals surface area contributed by atoms with Crippen molar-refractivity contribution in [3.05, 3.63) is 0 Å². The summed E-state index contributed by atoms with van der Waals surface area (Å²) in [6, 6.07) is 2.63. The van der Waals surface area contributed by atoms with Gasteiger partial charge in [-0.25, -0.2) is 0 Å². The van der Waals surface area contributed by atoms with Crippen LogP contribution in [0.15, 0.2) is 0 Å². The van der Waals surface area contributed by atoms with Crippen molar-refractivity contribution in [2.75, 3.05) is 7.11 Å². The molecule has 0 unspecified atom stereocenters. The van der Waals surface area contributed by atoms with Crippen LogP contribution in [-0.2, 0) is 4.74 Å². The van der Waals surface area contributed by atoms with E-state index >= 15 is 0 Å². The van der Waals surface area contributed by atoms with Crippen LogP contribution in [0.3, 0.4) is 0 Å². The van der Waals surface area contributed by atoms with E-state index in [-0.39, 0.29) is 17.4 Å². The van der Waals surface area contributed by atoms with Crippen LogP contribution in [0.4, 0.5) is 0 Å². The Morgan fingerprint density at radius 3 is 2.48 bits per heavy atom. The normalized spacial score (nSPS) is 57.9. The number of hydrogen-bond acceptors (Lipinski definition) is 3. The van der Waals surface area contributed by atoms with Gasteiger partial charge in [-0.05, 0) is 87.4 Å². The smallest absolute Gasteiger partial charge is 0.0662 e. The highest BCUT2D eigenvalue weighted by atomic mass is 16.5. The van der Waals surface area contributed by atoms with Crippen LogP contribution in [0.2, 0.25) is 0 Å². The fourth-order valence-corrected chi connectivity index (χ4v) is 7.94. The molecule has 0 aromatic carbocycles. The van der Waals surface area contributed by atoms with Gasteiger partial charge in [0.1, 0.15) is 0 Å². The number of fused-ring (bicyclic) bond motifs is 5. The van der Waals surface area contributed by atoms with E-state index in [2.05, 4.69) is 19.9 Å². The molecule has 0 aliphatic heterocycles. The Bertz CT molecular complexity index is 581. The lowest BCUT2D eigenvalue weighted by molar-refractivity contribution is -0.183. The maximum absolute atomic E-state index is 10.6. The van der Waals surface area contributed by atoms with Gasteiger partial charge in [0.05, 0.1) is 23.7 Å². The second-order valence-corrected chi connectivity index (χ2v) is 10.4. The summed E-state index contributed by atoms with van der Waals surface area (Å²) in [4.78, 5) is 0. The van der Waals surface area contributed by atoms with E-state index in [1.165, 1.54) is 19.3 Å². The van der Waals surface area contributed by atoms with Gasteiger partial charge in [-0.2, -0.15) is 5.26 Å². The first-order chi connectivity index (χ1) is 11.8. The van der Waals surface area contributed by atoms with E-state index in [9.17, 15) is 10.4 Å². The van der Waals surface area contributed by atoms with Crippen molar-refractivity contribution in [1.82, 2.24) is 0 Å². The Balaban J connectivity index is 1.68. The van der Waals surface area contributed by atoms with Gasteiger partial charge in [-0.1, -0.05) is 13.8 Å². The predicted molar refractivity (Wildman–Crippen MR) is 97.6 cm³/mol. The molecule has 9 atom stereocenters. The molecule has 140 valence electrons. The molecule has 25 heavy (non-hydrogen) atoms. The van der Waals surface area contributed by atoms with Crippen molar-refractivity contribution in [3.63, 3.8) is 0 Å². The van der Waals surface area contributed by atoms with Crippen LogP contribution >= 0.6 is 0 Å². The average molecular weight is 346 g/mol. The van der Waals surface area contributed by atoms with Crippen molar-refractivity contribution < 1.29 is 9.84 Å². The van der Waals surface area contributed by atoms with Crippen LogP contribution in [0.25, 0.3) is 0 Å². The molecule has 4 saturated carbocycles. The molecule has 4 aliphatic rings. The molecule has 3 nitrogen and oxygen atoms in total. The zero-order chi connectivity index (χ0) is 18.0. The molecule has 0 aromatic rings. The molecule has 0 amide bonds. The number of nitrogens with zero attached hydrogens (tertiary/aromatic N) is 1. The lowest BCUT2D eigenvalue weighted by Crippen LogP contribution is -2.59. The standard InChI is InChI=1S/C22H35NO2/c1-20(24)9-10-21(2)14(12-20)5-7-16-17-8-6-15(13-23)22(17,3)19(25-4)11-18(16)21/h14-19,24H,5-12H2,1-4H3/t14-,15+,16-,17-,18-,19+,20+,21-,22+/m0/s1. The largest absolute Gasteiger partial charge is 0.390 e. The fourth-order valence-electron chi connectivity index (χ4n) is 7.94. The maximum Gasteiger partial charge on any atom is 0.0662 e. The lowest BCUT2D eigenvalue weighted by Gasteiger charge is -2.63. The highest BCUT2D eigenvalue weighted by Gasteiger charge is 2.64. The highest BCUT2D eigenvalue weighted by molar-refractivity contribution is 5.16. The maximum atomic E-state index is 10.6. The summed E-state index contributed by atoms with van der Waals surface area (Å²) in [5.74, 6) is 2.89. The molecule has 4 aliphatic carbocycles. The van der Waals surface area contributed by atoms with E-state index in [1.54, 1.807) is 0 Å². The number of ether oxygens (including phenoxy) is 1. The molecule has 4 rings (SSSR count). The minimum Gasteiger partial charge on any atom is -0.390 e. The highest BCUT2D eigenvalue weighted by Crippen LogP contribution is 2.68. The van der Waals surface area contributed by atoms with Gasteiger partial charge in [0, 0.05) is 12.5 Å². The summed E-state index contributed by atoms with van der Waals surface area (Å²) in [5, 5.41) is 20.4. The molecular weight excluding hydrogens is 310 g/mol. The molecule has 0 aromatic heterocycles. The zero-order valence-electron chi connectivity index (χ0n) is 16.4. The van der Waals surface area contributed by atoms with Crippen LogP contribution in [-0.4, -0.2) is 23.9 Å². The fraction of sp³-hybridized carbons (Fsp3) is 0.955. The number of aliphatic hydroxyl groups is 1. The third-order valence-electron chi connectivity index (χ3n) is 9.47. The monoisotopic (exact) mass is 345 g/mol. The van der Waals surface area contributed by atoms with E-state index < -0.39 is 5.60 Å². The minimum atomic E-state index is -0.472. The first-order valence-corrected chi connectivity index (χ1v) is 10.4. The molecule has 0 spiro atoms. The number of hydrogen-bond donors (Lipinski definition) is 1. The van der Waals surface area contributed by atoms with Crippen LogP contribution in [0.1, 0.15) is 72.1 Å². The van der Waals surface area contributed by atoms with Crippen molar-refractivity contribution >= 4 is 0 Å². The molecule has 0 radical (unpaired) electrons. The van der Waals surface area contributed by atoms with E-state index in [1.807, 2.05) is 14.0 Å². The second-order valence-electron chi connectivity index (χ2n) is 10.4. The Kier molecular flexibility index (Phi) is 4.06. The minimum absolute atomic E-state index is 0.0357. The van der Waals surface area contributed by atoms with Crippen LogP contribution < -0.4 is 0 Å². The van der Waals surface area contributed by atoms with Crippen LogP contribution in [0, 0.1) is 51.8 Å². The van der Waals surface area contributed by atoms with Gasteiger partial charge in [0.2, 0.25) is 0 Å². The molecule has 0 heterocycles. The summed E-state index contributed by atoms with van der Waals surface area (Å²) in [7, 11) is 1.86. The second kappa shape index (κ2) is 5.70. The third-order valence-corrected chi connectivity index (χ3v) is 9.47. The molecule has 0 bridgehead atoms. The van der Waals surface area contributed by atoms with Gasteiger partial charge in [0.15, 0.2) is 0 Å². The summed E-state index contributed by atoms with van der Waals surface area (Å²) in [6.45, 7) is 6.89. The van der Waals surface area contributed by atoms with E-state index in [4.69, 9.17) is 4.74 Å². The Morgan fingerprint density at radius 2 is 1.80 bits per heavy atom. The molecule has 4 fully saturated rings. The number of rotatable bonds is 1. The first-order valence-electron chi connectivity index (χ1n) is 10.4. The van der Waals surface area contributed by atoms with Gasteiger partial charge in [-0.15, -0.1) is 0 Å². The summed E-state index contributed by atoms with van der Waals surface area (Å²) < 4.78 is 6.05. The van der Waals surface area contributed by atoms with Gasteiger partial charge >= 0.3 is 0 Å². The summed E-state index contributed by atoms with van der Waals surface area (Å²) in [6.07, 6.45) is 9.17. The van der Waals surface area contributed by atoms with Gasteiger partial charge in [0.25, 0.3) is 0 Å². The molecule has 3 heteroatoms. The number of methoxy groups -OCH3 is 1. The lowest BCUT2D eigenvalue weighted by atomic mass is 9.43. The Labute approximate surface area is 153 Å². The predicted octanol–water partition coefficient (Wildman–Crippen LogP) is 4.54.